The molecule has 5 rings (SSSR count). The van der Waals surface area contributed by atoms with Gasteiger partial charge >= 0.3 is 0 Å². The fraction of sp³-hybridized carbons (Fsp3) is 0.652. The van der Waals surface area contributed by atoms with Crippen LogP contribution in [-0.2, 0) is 14.8 Å². The Labute approximate surface area is 200 Å². The number of piperidine rings is 1. The van der Waals surface area contributed by atoms with Gasteiger partial charge in [-0.2, -0.15) is 4.31 Å². The molecule has 4 heterocycles. The van der Waals surface area contributed by atoms with Crippen molar-refractivity contribution >= 4 is 27.5 Å². The van der Waals surface area contributed by atoms with Gasteiger partial charge < -0.3 is 19.8 Å². The van der Waals surface area contributed by atoms with Crippen molar-refractivity contribution in [3.8, 4) is 5.75 Å². The number of hydrogen-bond donors (Lipinski definition) is 2. The van der Waals surface area contributed by atoms with E-state index in [2.05, 4.69) is 9.80 Å². The summed E-state index contributed by atoms with van der Waals surface area (Å²) < 4.78 is 33.7. The van der Waals surface area contributed by atoms with Crippen LogP contribution in [0.5, 0.6) is 5.75 Å². The minimum Gasteiger partial charge on any atom is -0.508 e. The molecule has 4 aliphatic heterocycles. The smallest absolute Gasteiger partial charge is 0.227 e. The molecule has 2 unspecified atom stereocenters. The summed E-state index contributed by atoms with van der Waals surface area (Å²) in [6.45, 7) is 5.25. The summed E-state index contributed by atoms with van der Waals surface area (Å²) in [7, 11) is -3.40. The average Bonchev–Trinajstić information content (AvgIpc) is 3.31. The quantitative estimate of drug-likeness (QED) is 0.639. The second-order valence-corrected chi connectivity index (χ2v) is 13.4. The van der Waals surface area contributed by atoms with E-state index in [4.69, 9.17) is 4.74 Å². The molecule has 182 valence electrons. The normalized spacial score (nSPS) is 35.8. The summed E-state index contributed by atoms with van der Waals surface area (Å²) in [6.07, 6.45) is 3.79. The first-order valence-electron chi connectivity index (χ1n) is 11.6. The maximum atomic E-state index is 13.3. The van der Waals surface area contributed by atoms with Crippen LogP contribution in [0.3, 0.4) is 0 Å². The fourth-order valence-corrected chi connectivity index (χ4v) is 8.89. The van der Waals surface area contributed by atoms with Gasteiger partial charge in [-0.05, 0) is 55.9 Å². The summed E-state index contributed by atoms with van der Waals surface area (Å²) >= 11 is 1.39. The lowest BCUT2D eigenvalue weighted by molar-refractivity contribution is -0.138. The first kappa shape index (κ1) is 23.4. The van der Waals surface area contributed by atoms with E-state index >= 15 is 0 Å². The van der Waals surface area contributed by atoms with Crippen LogP contribution < -0.4 is 4.90 Å². The van der Waals surface area contributed by atoms with E-state index in [0.717, 1.165) is 5.69 Å². The van der Waals surface area contributed by atoms with Gasteiger partial charge in [0.15, 0.2) is 0 Å². The number of benzene rings is 1. The Kier molecular flexibility index (Phi) is 6.43. The maximum absolute atomic E-state index is 13.3. The molecule has 0 saturated carbocycles. The Balaban J connectivity index is 1.40. The zero-order valence-electron chi connectivity index (χ0n) is 18.9. The average molecular weight is 496 g/mol. The molecule has 10 heteroatoms. The van der Waals surface area contributed by atoms with Gasteiger partial charge in [0.25, 0.3) is 0 Å². The summed E-state index contributed by atoms with van der Waals surface area (Å²) in [4.78, 5) is 4.70. The number of sulfonamides is 1. The van der Waals surface area contributed by atoms with Gasteiger partial charge in [-0.3, -0.25) is 4.90 Å². The first-order chi connectivity index (χ1) is 15.7. The molecule has 2 bridgehead atoms. The van der Waals surface area contributed by atoms with Crippen LogP contribution in [0, 0.1) is 0 Å². The van der Waals surface area contributed by atoms with Crippen LogP contribution in [0.25, 0.3) is 0 Å². The monoisotopic (exact) mass is 495 g/mol. The highest BCUT2D eigenvalue weighted by Gasteiger charge is 2.46. The third-order valence-electron chi connectivity index (χ3n) is 7.30. The van der Waals surface area contributed by atoms with E-state index in [1.54, 1.807) is 16.4 Å². The van der Waals surface area contributed by atoms with E-state index in [1.807, 2.05) is 30.5 Å². The fourth-order valence-electron chi connectivity index (χ4n) is 5.74. The molecule has 33 heavy (non-hydrogen) atoms. The molecule has 0 aliphatic carbocycles. The molecule has 0 spiro atoms. The zero-order valence-corrected chi connectivity index (χ0v) is 20.5. The number of phenols is 1. The number of fused-ring (bicyclic) bond motifs is 2. The van der Waals surface area contributed by atoms with Crippen LogP contribution >= 0.6 is 11.8 Å². The second-order valence-electron chi connectivity index (χ2n) is 9.89. The number of rotatable bonds is 5. The predicted octanol–water partition coefficient (Wildman–Crippen LogP) is 1.80. The third-order valence-corrected chi connectivity index (χ3v) is 11.1. The number of hydrogen-bond acceptors (Lipinski definition) is 8. The van der Waals surface area contributed by atoms with Gasteiger partial charge in [0.05, 0.1) is 24.9 Å². The van der Waals surface area contributed by atoms with Crippen LogP contribution in [-0.4, -0.2) is 95.5 Å². The van der Waals surface area contributed by atoms with Crippen molar-refractivity contribution in [1.82, 2.24) is 9.21 Å². The number of phenolic OH excluding ortho intramolecular Hbond substituents is 1. The van der Waals surface area contributed by atoms with Crippen molar-refractivity contribution in [3.63, 3.8) is 0 Å². The van der Waals surface area contributed by atoms with Crippen molar-refractivity contribution in [2.75, 3.05) is 44.3 Å². The minimum atomic E-state index is -3.40. The van der Waals surface area contributed by atoms with E-state index in [0.29, 0.717) is 58.7 Å². The maximum Gasteiger partial charge on any atom is 0.227 e. The summed E-state index contributed by atoms with van der Waals surface area (Å²) in [5.74, 6) is 0.215. The number of aliphatic hydroxyl groups is 1. The molecule has 0 amide bonds. The van der Waals surface area contributed by atoms with Crippen LogP contribution in [0.4, 0.5) is 5.69 Å². The zero-order chi connectivity index (χ0) is 23.2. The lowest BCUT2D eigenvalue weighted by Gasteiger charge is -2.53. The third kappa shape index (κ3) is 4.78. The van der Waals surface area contributed by atoms with Gasteiger partial charge in [0, 0.05) is 44.0 Å². The SMILES string of the molecule is CC1(O)C[C@H]2COC[C@@H](C1)N2C[C@H]1CN(S(=O)(=O)C2CC=CS2)CCN1c1ccc(O)cc1. The number of thioether (sulfide) groups is 1. The van der Waals surface area contributed by atoms with E-state index < -0.39 is 20.2 Å². The molecular weight excluding hydrogens is 462 g/mol. The topological polar surface area (TPSA) is 93.6 Å². The van der Waals surface area contributed by atoms with E-state index in [-0.39, 0.29) is 23.9 Å². The Bertz CT molecular complexity index is 960. The molecule has 0 radical (unpaired) electrons. The number of allylic oxidation sites excluding steroid dienone is 1. The van der Waals surface area contributed by atoms with Crippen molar-refractivity contribution in [1.29, 1.82) is 0 Å². The Morgan fingerprint density at radius 2 is 1.85 bits per heavy atom. The number of morpholine rings is 1. The predicted molar refractivity (Wildman–Crippen MR) is 130 cm³/mol. The molecular formula is C23H33N3O5S2. The van der Waals surface area contributed by atoms with E-state index in [1.165, 1.54) is 11.8 Å². The van der Waals surface area contributed by atoms with Crippen molar-refractivity contribution in [2.24, 2.45) is 0 Å². The first-order valence-corrected chi connectivity index (χ1v) is 14.1. The highest BCUT2D eigenvalue weighted by atomic mass is 32.3. The summed E-state index contributed by atoms with van der Waals surface area (Å²) in [6, 6.07) is 7.35. The Morgan fingerprint density at radius 1 is 1.15 bits per heavy atom. The number of anilines is 1. The van der Waals surface area contributed by atoms with Gasteiger partial charge in [-0.25, -0.2) is 8.42 Å². The number of piperazine rings is 1. The molecule has 2 N–H and O–H groups in total. The Hall–Kier alpha value is -1.30. The molecule has 8 nitrogen and oxygen atoms in total. The highest BCUT2D eigenvalue weighted by Crippen LogP contribution is 2.36. The molecule has 0 aromatic heterocycles. The van der Waals surface area contributed by atoms with Crippen LogP contribution in [0.1, 0.15) is 26.2 Å². The number of ether oxygens (including phenoxy) is 1. The molecule has 4 aliphatic rings. The van der Waals surface area contributed by atoms with Crippen molar-refractivity contribution in [2.45, 2.75) is 54.5 Å². The number of aromatic hydroxyl groups is 1. The molecule has 1 aromatic rings. The lowest BCUT2D eigenvalue weighted by Crippen LogP contribution is -2.66. The summed E-state index contributed by atoms with van der Waals surface area (Å²) in [5, 5.41) is 22.3. The van der Waals surface area contributed by atoms with E-state index in [9.17, 15) is 18.6 Å². The van der Waals surface area contributed by atoms with Crippen molar-refractivity contribution in [3.05, 3.63) is 35.7 Å². The van der Waals surface area contributed by atoms with Crippen LogP contribution in [0.2, 0.25) is 0 Å². The second kappa shape index (κ2) is 9.05. The Morgan fingerprint density at radius 3 is 2.48 bits per heavy atom. The summed E-state index contributed by atoms with van der Waals surface area (Å²) in [5.41, 5.74) is 0.290. The molecule has 3 saturated heterocycles. The standard InChI is InChI=1S/C23H33N3O5S2/c1-23(28)11-18-15-31-16-19(12-23)26(18)14-20-13-24(33(29,30)22-3-2-10-32-22)8-9-25(20)17-4-6-21(27)7-5-17/h2,4-7,10,18-20,22,27-28H,3,8-9,11-16H2,1H3/t18-,19+,20-,22?,23?/m1/s1. The van der Waals surface area contributed by atoms with Crippen molar-refractivity contribution < 1.29 is 23.4 Å². The molecule has 1 aromatic carbocycles. The lowest BCUT2D eigenvalue weighted by atomic mass is 9.82. The number of nitrogens with zero attached hydrogens (tertiary/aromatic N) is 3. The van der Waals surface area contributed by atoms with Crippen LogP contribution in [0.15, 0.2) is 35.7 Å². The van der Waals surface area contributed by atoms with Gasteiger partial charge in [-0.1, -0.05) is 6.08 Å². The highest BCUT2D eigenvalue weighted by molar-refractivity contribution is 8.14. The minimum absolute atomic E-state index is 0.0384. The van der Waals surface area contributed by atoms with Gasteiger partial charge in [-0.15, -0.1) is 11.8 Å². The van der Waals surface area contributed by atoms with Gasteiger partial charge in [0.1, 0.15) is 10.3 Å². The molecule has 5 atom stereocenters. The largest absolute Gasteiger partial charge is 0.508 e. The molecule has 3 fully saturated rings. The van der Waals surface area contributed by atoms with Gasteiger partial charge in [0.2, 0.25) is 10.0 Å².